The second-order valence-electron chi connectivity index (χ2n) is 6.28. The van der Waals surface area contributed by atoms with Crippen LogP contribution in [0.15, 0.2) is 30.3 Å². The van der Waals surface area contributed by atoms with Crippen molar-refractivity contribution in [1.82, 2.24) is 15.5 Å². The second kappa shape index (κ2) is 11.7. The molecular weight excluding hydrogens is 362 g/mol. The minimum Gasteiger partial charge on any atom is -0.460 e. The summed E-state index contributed by atoms with van der Waals surface area (Å²) in [5.41, 5.74) is 0.850. The zero-order chi connectivity index (χ0) is 20.2. The van der Waals surface area contributed by atoms with Crippen LogP contribution in [0.4, 0.5) is 0 Å². The van der Waals surface area contributed by atoms with Crippen molar-refractivity contribution in [2.45, 2.75) is 19.1 Å². The summed E-state index contributed by atoms with van der Waals surface area (Å²) in [6.45, 7) is 2.46. The van der Waals surface area contributed by atoms with Crippen LogP contribution in [-0.4, -0.2) is 68.1 Å². The molecule has 0 aliphatic carbocycles. The molecule has 1 aliphatic heterocycles. The zero-order valence-corrected chi connectivity index (χ0v) is 15.7. The van der Waals surface area contributed by atoms with Gasteiger partial charge in [-0.1, -0.05) is 30.3 Å². The number of amides is 2. The predicted octanol–water partition coefficient (Wildman–Crippen LogP) is -0.314. The first-order chi connectivity index (χ1) is 13.6. The number of benzene rings is 1. The number of nitrogens with one attached hydrogen (secondary N) is 2. The maximum Gasteiger partial charge on any atom is 0.325 e. The molecule has 0 aromatic heterocycles. The third kappa shape index (κ3) is 7.78. The minimum absolute atomic E-state index is 0.0275. The number of terminal acetylenes is 1. The van der Waals surface area contributed by atoms with Gasteiger partial charge in [0.15, 0.2) is 0 Å². The van der Waals surface area contributed by atoms with E-state index in [4.69, 9.17) is 15.9 Å². The van der Waals surface area contributed by atoms with Gasteiger partial charge in [0.2, 0.25) is 11.8 Å². The Morgan fingerprint density at radius 1 is 1.21 bits per heavy atom. The highest BCUT2D eigenvalue weighted by atomic mass is 16.5. The van der Waals surface area contributed by atoms with E-state index in [1.807, 2.05) is 35.2 Å². The van der Waals surface area contributed by atoms with Gasteiger partial charge in [0.1, 0.15) is 19.2 Å². The molecule has 1 heterocycles. The molecule has 1 aromatic carbocycles. The van der Waals surface area contributed by atoms with Crippen molar-refractivity contribution in [1.29, 1.82) is 0 Å². The number of carbonyl (C=O) groups is 3. The van der Waals surface area contributed by atoms with E-state index in [-0.39, 0.29) is 32.0 Å². The van der Waals surface area contributed by atoms with E-state index in [1.54, 1.807) is 0 Å². The van der Waals surface area contributed by atoms with Gasteiger partial charge in [-0.3, -0.25) is 19.3 Å². The number of esters is 1. The Kier molecular flexibility index (Phi) is 8.98. The highest BCUT2D eigenvalue weighted by molar-refractivity contribution is 5.90. The summed E-state index contributed by atoms with van der Waals surface area (Å²) >= 11 is 0. The molecule has 0 saturated carbocycles. The Labute approximate surface area is 164 Å². The Balaban J connectivity index is 1.73. The summed E-state index contributed by atoms with van der Waals surface area (Å²) in [5.74, 6) is 0.969. The molecular formula is C20H25N3O5. The lowest BCUT2D eigenvalue weighted by molar-refractivity contribution is -0.145. The lowest BCUT2D eigenvalue weighted by Gasteiger charge is -2.26. The van der Waals surface area contributed by atoms with Crippen LogP contribution in [0.1, 0.15) is 12.0 Å². The number of morpholine rings is 1. The zero-order valence-electron chi connectivity index (χ0n) is 15.7. The summed E-state index contributed by atoms with van der Waals surface area (Å²) in [5, 5.41) is 5.07. The van der Waals surface area contributed by atoms with Crippen molar-refractivity contribution >= 4 is 17.8 Å². The molecule has 0 spiro atoms. The third-order valence-electron chi connectivity index (χ3n) is 4.09. The SMILES string of the molecule is C#CCC(NC(=O)CN1CCOCC1)C(=O)NCC(=O)OCc1ccccc1. The van der Waals surface area contributed by atoms with Gasteiger partial charge in [0.05, 0.1) is 19.8 Å². The number of ether oxygens (including phenoxy) is 2. The Bertz CT molecular complexity index is 696. The minimum atomic E-state index is -0.902. The maximum atomic E-state index is 12.3. The van der Waals surface area contributed by atoms with Gasteiger partial charge in [-0.2, -0.15) is 0 Å². The second-order valence-corrected chi connectivity index (χ2v) is 6.28. The van der Waals surface area contributed by atoms with Crippen molar-refractivity contribution in [2.24, 2.45) is 0 Å². The van der Waals surface area contributed by atoms with Crippen LogP contribution < -0.4 is 10.6 Å². The summed E-state index contributed by atoms with van der Waals surface area (Å²) in [6.07, 6.45) is 5.32. The van der Waals surface area contributed by atoms with E-state index in [9.17, 15) is 14.4 Å². The first-order valence-electron chi connectivity index (χ1n) is 9.08. The van der Waals surface area contributed by atoms with E-state index in [2.05, 4.69) is 16.6 Å². The summed E-state index contributed by atoms with van der Waals surface area (Å²) in [6, 6.07) is 8.31. The average Bonchev–Trinajstić information content (AvgIpc) is 2.71. The fourth-order valence-corrected chi connectivity index (χ4v) is 2.60. The third-order valence-corrected chi connectivity index (χ3v) is 4.09. The van der Waals surface area contributed by atoms with Gasteiger partial charge < -0.3 is 20.1 Å². The average molecular weight is 387 g/mol. The van der Waals surface area contributed by atoms with Gasteiger partial charge in [-0.05, 0) is 5.56 Å². The molecule has 0 radical (unpaired) electrons. The molecule has 1 fully saturated rings. The van der Waals surface area contributed by atoms with Crippen molar-refractivity contribution < 1.29 is 23.9 Å². The van der Waals surface area contributed by atoms with Crippen molar-refractivity contribution in [3.05, 3.63) is 35.9 Å². The number of hydrogen-bond acceptors (Lipinski definition) is 6. The fraction of sp³-hybridized carbons (Fsp3) is 0.450. The lowest BCUT2D eigenvalue weighted by atomic mass is 10.2. The number of hydrogen-bond donors (Lipinski definition) is 2. The van der Waals surface area contributed by atoms with Crippen molar-refractivity contribution in [2.75, 3.05) is 39.4 Å². The molecule has 28 heavy (non-hydrogen) atoms. The Morgan fingerprint density at radius 3 is 2.61 bits per heavy atom. The van der Waals surface area contributed by atoms with E-state index in [1.165, 1.54) is 0 Å². The number of nitrogens with zero attached hydrogens (tertiary/aromatic N) is 1. The highest BCUT2D eigenvalue weighted by Crippen LogP contribution is 2.01. The van der Waals surface area contributed by atoms with Gasteiger partial charge in [-0.25, -0.2) is 0 Å². The lowest BCUT2D eigenvalue weighted by Crippen LogP contribution is -2.51. The van der Waals surface area contributed by atoms with Crippen LogP contribution in [0.25, 0.3) is 0 Å². The largest absolute Gasteiger partial charge is 0.460 e. The Morgan fingerprint density at radius 2 is 1.93 bits per heavy atom. The van der Waals surface area contributed by atoms with Gasteiger partial charge >= 0.3 is 5.97 Å². The molecule has 8 heteroatoms. The van der Waals surface area contributed by atoms with Crippen LogP contribution >= 0.6 is 0 Å². The van der Waals surface area contributed by atoms with Gasteiger partial charge in [0.25, 0.3) is 0 Å². The smallest absolute Gasteiger partial charge is 0.325 e. The first kappa shape index (κ1) is 21.4. The van der Waals surface area contributed by atoms with Crippen LogP contribution in [0.5, 0.6) is 0 Å². The summed E-state index contributed by atoms with van der Waals surface area (Å²) in [7, 11) is 0. The fourth-order valence-electron chi connectivity index (χ4n) is 2.60. The molecule has 0 bridgehead atoms. The molecule has 1 aromatic rings. The van der Waals surface area contributed by atoms with E-state index in [0.29, 0.717) is 26.3 Å². The molecule has 2 rings (SSSR count). The summed E-state index contributed by atoms with van der Waals surface area (Å²) < 4.78 is 10.3. The summed E-state index contributed by atoms with van der Waals surface area (Å²) in [4.78, 5) is 38.2. The standard InChI is InChI=1S/C20H25N3O5/c1-2-6-17(22-18(24)14-23-9-11-27-12-10-23)20(26)21-13-19(25)28-15-16-7-4-3-5-8-16/h1,3-5,7-8,17H,6,9-15H2,(H,21,26)(H,22,24). The molecule has 8 nitrogen and oxygen atoms in total. The van der Waals surface area contributed by atoms with Crippen LogP contribution in [0.3, 0.4) is 0 Å². The highest BCUT2D eigenvalue weighted by Gasteiger charge is 2.22. The van der Waals surface area contributed by atoms with Gasteiger partial charge in [-0.15, -0.1) is 12.3 Å². The molecule has 1 atom stereocenters. The predicted molar refractivity (Wildman–Crippen MR) is 102 cm³/mol. The quantitative estimate of drug-likeness (QED) is 0.446. The van der Waals surface area contributed by atoms with E-state index in [0.717, 1.165) is 5.56 Å². The van der Waals surface area contributed by atoms with E-state index < -0.39 is 17.9 Å². The first-order valence-corrected chi connectivity index (χ1v) is 9.08. The molecule has 1 aliphatic rings. The van der Waals surface area contributed by atoms with Crippen LogP contribution in [-0.2, 0) is 30.5 Å². The molecule has 2 N–H and O–H groups in total. The van der Waals surface area contributed by atoms with E-state index >= 15 is 0 Å². The van der Waals surface area contributed by atoms with Gasteiger partial charge in [0, 0.05) is 19.5 Å². The molecule has 1 saturated heterocycles. The molecule has 150 valence electrons. The van der Waals surface area contributed by atoms with Crippen molar-refractivity contribution in [3.63, 3.8) is 0 Å². The topological polar surface area (TPSA) is 97.0 Å². The molecule has 1 unspecified atom stereocenters. The Hall–Kier alpha value is -2.89. The van der Waals surface area contributed by atoms with Crippen LogP contribution in [0.2, 0.25) is 0 Å². The number of carbonyl (C=O) groups excluding carboxylic acids is 3. The number of rotatable bonds is 9. The maximum absolute atomic E-state index is 12.3. The normalized spacial score (nSPS) is 15.1. The molecule has 2 amide bonds. The van der Waals surface area contributed by atoms with Crippen LogP contribution in [0, 0.1) is 12.3 Å². The monoisotopic (exact) mass is 387 g/mol. The van der Waals surface area contributed by atoms with Crippen molar-refractivity contribution in [3.8, 4) is 12.3 Å².